The molecule has 1 fully saturated rings. The normalized spacial score (nSPS) is 25.3. The van der Waals surface area contributed by atoms with E-state index < -0.39 is 5.92 Å². The molecule has 15 heavy (non-hydrogen) atoms. The molecular formula is C9H14F2N4. The van der Waals surface area contributed by atoms with Crippen LogP contribution in [0.15, 0.2) is 6.20 Å². The largest absolute Gasteiger partial charge is 0.381 e. The molecule has 84 valence electrons. The number of nitrogen functional groups attached to an aromatic ring is 1. The fourth-order valence-corrected chi connectivity index (χ4v) is 2.06. The fraction of sp³-hybridized carbons (Fsp3) is 0.778. The Morgan fingerprint density at radius 1 is 1.60 bits per heavy atom. The van der Waals surface area contributed by atoms with Gasteiger partial charge in [0.2, 0.25) is 5.92 Å². The van der Waals surface area contributed by atoms with E-state index in [1.54, 1.807) is 0 Å². The summed E-state index contributed by atoms with van der Waals surface area (Å²) in [6.07, 6.45) is 2.78. The number of alkyl halides is 2. The average molecular weight is 216 g/mol. The fourth-order valence-electron chi connectivity index (χ4n) is 2.06. The SMILES string of the molecule is Nc1cnn(CC2CCCC(F)(F)C2)n1. The van der Waals surface area contributed by atoms with Crippen LogP contribution < -0.4 is 5.73 Å². The maximum Gasteiger partial charge on any atom is 0.248 e. The number of anilines is 1. The van der Waals surface area contributed by atoms with Gasteiger partial charge in [0.05, 0.1) is 12.7 Å². The van der Waals surface area contributed by atoms with Gasteiger partial charge in [0, 0.05) is 12.8 Å². The molecule has 0 amide bonds. The second-order valence-corrected chi connectivity index (χ2v) is 4.14. The molecule has 1 unspecified atom stereocenters. The van der Waals surface area contributed by atoms with Crippen LogP contribution in [-0.2, 0) is 6.54 Å². The predicted octanol–water partition coefficient (Wildman–Crippen LogP) is 1.69. The van der Waals surface area contributed by atoms with Gasteiger partial charge in [0.25, 0.3) is 0 Å². The summed E-state index contributed by atoms with van der Waals surface area (Å²) in [5.74, 6) is -2.22. The Labute approximate surface area is 86.4 Å². The smallest absolute Gasteiger partial charge is 0.248 e. The van der Waals surface area contributed by atoms with Crippen LogP contribution in [0, 0.1) is 5.92 Å². The van der Waals surface area contributed by atoms with E-state index in [1.807, 2.05) is 0 Å². The lowest BCUT2D eigenvalue weighted by Crippen LogP contribution is -2.29. The maximum absolute atomic E-state index is 13.1. The van der Waals surface area contributed by atoms with Crippen molar-refractivity contribution in [3.8, 4) is 0 Å². The molecule has 1 aromatic heterocycles. The first kappa shape index (κ1) is 10.3. The number of halogens is 2. The highest BCUT2D eigenvalue weighted by Crippen LogP contribution is 2.37. The quantitative estimate of drug-likeness (QED) is 0.818. The van der Waals surface area contributed by atoms with Crippen LogP contribution in [0.3, 0.4) is 0 Å². The number of rotatable bonds is 2. The topological polar surface area (TPSA) is 56.7 Å². The van der Waals surface area contributed by atoms with Crippen LogP contribution in [0.4, 0.5) is 14.6 Å². The number of aromatic nitrogens is 3. The Morgan fingerprint density at radius 3 is 3.00 bits per heavy atom. The summed E-state index contributed by atoms with van der Waals surface area (Å²) in [5, 5.41) is 7.78. The second-order valence-electron chi connectivity index (χ2n) is 4.14. The molecule has 1 aliphatic carbocycles. The van der Waals surface area contributed by atoms with Crippen molar-refractivity contribution in [2.75, 3.05) is 5.73 Å². The lowest BCUT2D eigenvalue weighted by atomic mass is 9.86. The van der Waals surface area contributed by atoms with Crippen LogP contribution >= 0.6 is 0 Å². The Morgan fingerprint density at radius 2 is 2.40 bits per heavy atom. The van der Waals surface area contributed by atoms with Gasteiger partial charge in [-0.1, -0.05) is 0 Å². The molecule has 0 spiro atoms. The Balaban J connectivity index is 1.95. The van der Waals surface area contributed by atoms with Gasteiger partial charge in [0.15, 0.2) is 5.82 Å². The summed E-state index contributed by atoms with van der Waals surface area (Å²) in [6, 6.07) is 0. The van der Waals surface area contributed by atoms with Crippen molar-refractivity contribution >= 4 is 5.82 Å². The van der Waals surface area contributed by atoms with Crippen LogP contribution in [0.2, 0.25) is 0 Å². The Bertz CT molecular complexity index is 337. The molecule has 0 aliphatic heterocycles. The molecule has 1 aromatic rings. The van der Waals surface area contributed by atoms with Gasteiger partial charge in [0.1, 0.15) is 0 Å². The first-order valence-corrected chi connectivity index (χ1v) is 5.09. The molecule has 1 aliphatic rings. The van der Waals surface area contributed by atoms with Crippen LogP contribution in [0.25, 0.3) is 0 Å². The number of hydrogen-bond acceptors (Lipinski definition) is 3. The average Bonchev–Trinajstić information content (AvgIpc) is 2.49. The molecule has 1 heterocycles. The summed E-state index contributed by atoms with van der Waals surface area (Å²) in [4.78, 5) is 1.40. The molecule has 0 aromatic carbocycles. The van der Waals surface area contributed by atoms with Gasteiger partial charge >= 0.3 is 0 Å². The van der Waals surface area contributed by atoms with E-state index in [-0.39, 0.29) is 18.8 Å². The number of nitrogens with zero attached hydrogens (tertiary/aromatic N) is 3. The van der Waals surface area contributed by atoms with E-state index in [4.69, 9.17) is 5.73 Å². The zero-order chi connectivity index (χ0) is 10.9. The van der Waals surface area contributed by atoms with Gasteiger partial charge in [-0.05, 0) is 18.8 Å². The van der Waals surface area contributed by atoms with E-state index in [0.29, 0.717) is 18.8 Å². The predicted molar refractivity (Wildman–Crippen MR) is 51.3 cm³/mol. The van der Waals surface area contributed by atoms with Gasteiger partial charge in [-0.3, -0.25) is 0 Å². The third-order valence-corrected chi connectivity index (χ3v) is 2.72. The molecule has 2 N–H and O–H groups in total. The molecule has 0 saturated heterocycles. The van der Waals surface area contributed by atoms with E-state index in [0.717, 1.165) is 6.42 Å². The molecule has 2 rings (SSSR count). The van der Waals surface area contributed by atoms with Crippen molar-refractivity contribution < 1.29 is 8.78 Å². The zero-order valence-electron chi connectivity index (χ0n) is 8.37. The highest BCUT2D eigenvalue weighted by Gasteiger charge is 2.36. The second kappa shape index (κ2) is 3.75. The Hall–Kier alpha value is -1.20. The maximum atomic E-state index is 13.1. The van der Waals surface area contributed by atoms with Gasteiger partial charge in [-0.2, -0.15) is 9.90 Å². The molecule has 0 bridgehead atoms. The zero-order valence-corrected chi connectivity index (χ0v) is 8.37. The molecule has 6 heteroatoms. The lowest BCUT2D eigenvalue weighted by molar-refractivity contribution is -0.0557. The van der Waals surface area contributed by atoms with Gasteiger partial charge in [-0.15, -0.1) is 5.10 Å². The highest BCUT2D eigenvalue weighted by atomic mass is 19.3. The third kappa shape index (κ3) is 2.64. The Kier molecular flexibility index (Phi) is 2.58. The van der Waals surface area contributed by atoms with Gasteiger partial charge < -0.3 is 5.73 Å². The van der Waals surface area contributed by atoms with E-state index in [9.17, 15) is 8.78 Å². The molecule has 1 atom stereocenters. The number of nitrogens with two attached hydrogens (primary N) is 1. The molecule has 4 nitrogen and oxygen atoms in total. The minimum Gasteiger partial charge on any atom is -0.381 e. The standard InChI is InChI=1S/C9H14F2N4/c10-9(11)3-1-2-7(4-9)6-15-13-5-8(12)14-15/h5,7H,1-4,6H2,(H2,12,14). The summed E-state index contributed by atoms with van der Waals surface area (Å²) >= 11 is 0. The summed E-state index contributed by atoms with van der Waals surface area (Å²) < 4.78 is 26.2. The van der Waals surface area contributed by atoms with Crippen molar-refractivity contribution in [3.63, 3.8) is 0 Å². The van der Waals surface area contributed by atoms with Crippen LogP contribution in [0.1, 0.15) is 25.7 Å². The van der Waals surface area contributed by atoms with Crippen LogP contribution in [0.5, 0.6) is 0 Å². The highest BCUT2D eigenvalue weighted by molar-refractivity contribution is 5.19. The summed E-state index contributed by atoms with van der Waals surface area (Å²) in [7, 11) is 0. The molecule has 0 radical (unpaired) electrons. The van der Waals surface area contributed by atoms with E-state index in [1.165, 1.54) is 11.0 Å². The van der Waals surface area contributed by atoms with Crippen molar-refractivity contribution in [3.05, 3.63) is 6.20 Å². The van der Waals surface area contributed by atoms with E-state index >= 15 is 0 Å². The first-order valence-electron chi connectivity index (χ1n) is 5.09. The summed E-state index contributed by atoms with van der Waals surface area (Å²) in [6.45, 7) is 0.437. The lowest BCUT2D eigenvalue weighted by Gasteiger charge is -2.28. The van der Waals surface area contributed by atoms with Gasteiger partial charge in [-0.25, -0.2) is 8.78 Å². The number of hydrogen-bond donors (Lipinski definition) is 1. The van der Waals surface area contributed by atoms with Crippen molar-refractivity contribution in [2.24, 2.45) is 5.92 Å². The van der Waals surface area contributed by atoms with Crippen molar-refractivity contribution in [1.82, 2.24) is 15.0 Å². The summed E-state index contributed by atoms with van der Waals surface area (Å²) in [5.41, 5.74) is 5.39. The van der Waals surface area contributed by atoms with Crippen LogP contribution in [-0.4, -0.2) is 20.9 Å². The minimum absolute atomic E-state index is 0.0121. The van der Waals surface area contributed by atoms with Crippen molar-refractivity contribution in [2.45, 2.75) is 38.2 Å². The van der Waals surface area contributed by atoms with Crippen molar-refractivity contribution in [1.29, 1.82) is 0 Å². The molecular weight excluding hydrogens is 202 g/mol. The molecule has 1 saturated carbocycles. The third-order valence-electron chi connectivity index (χ3n) is 2.72. The van der Waals surface area contributed by atoms with E-state index in [2.05, 4.69) is 10.2 Å². The monoisotopic (exact) mass is 216 g/mol. The minimum atomic E-state index is -2.51. The first-order chi connectivity index (χ1) is 7.05.